The first-order chi connectivity index (χ1) is 14.6. The molecule has 2 N–H and O–H groups in total. The minimum absolute atomic E-state index is 0.00626. The van der Waals surface area contributed by atoms with E-state index in [-0.39, 0.29) is 17.6 Å². The second-order valence-electron chi connectivity index (χ2n) is 8.64. The van der Waals surface area contributed by atoms with Crippen LogP contribution in [0.2, 0.25) is 0 Å². The van der Waals surface area contributed by atoms with Gasteiger partial charge in [-0.1, -0.05) is 6.42 Å². The van der Waals surface area contributed by atoms with Crippen molar-refractivity contribution in [2.75, 3.05) is 19.6 Å². The van der Waals surface area contributed by atoms with Crippen molar-refractivity contribution in [3.8, 4) is 0 Å². The molecule has 1 saturated carbocycles. The van der Waals surface area contributed by atoms with Gasteiger partial charge in [0.25, 0.3) is 5.91 Å². The number of nitrogens with zero attached hydrogens (tertiary/aromatic N) is 2. The minimum atomic E-state index is -5.08. The number of aliphatic carboxylic acids is 1. The maximum absolute atomic E-state index is 12.3. The number of likely N-dealkylation sites (tertiary alicyclic amines) is 1. The Kier molecular flexibility index (Phi) is 7.31. The molecule has 3 aliphatic rings. The van der Waals surface area contributed by atoms with E-state index >= 15 is 0 Å². The van der Waals surface area contributed by atoms with Crippen LogP contribution in [0, 0.1) is 0 Å². The largest absolute Gasteiger partial charge is 0.490 e. The number of aryl methyl sites for hydroxylation is 1. The topological polar surface area (TPSA) is 83.8 Å². The molecular weight excluding hydrogens is 415 g/mol. The van der Waals surface area contributed by atoms with Gasteiger partial charge >= 0.3 is 12.1 Å². The van der Waals surface area contributed by atoms with E-state index in [2.05, 4.69) is 10.2 Å². The molecule has 0 unspecified atom stereocenters. The molecule has 3 heterocycles. The molecule has 2 saturated heterocycles. The van der Waals surface area contributed by atoms with Gasteiger partial charge in [-0.05, 0) is 50.7 Å². The first-order valence-electron chi connectivity index (χ1n) is 10.7. The highest BCUT2D eigenvalue weighted by Gasteiger charge is 2.45. The molecule has 0 aromatic carbocycles. The smallest absolute Gasteiger partial charge is 0.475 e. The monoisotopic (exact) mass is 445 g/mol. The number of rotatable bonds is 4. The van der Waals surface area contributed by atoms with Crippen molar-refractivity contribution in [3.63, 3.8) is 0 Å². The van der Waals surface area contributed by atoms with E-state index in [4.69, 9.17) is 14.6 Å². The van der Waals surface area contributed by atoms with Crippen LogP contribution in [0.5, 0.6) is 0 Å². The minimum Gasteiger partial charge on any atom is -0.475 e. The lowest BCUT2D eigenvalue weighted by Gasteiger charge is -2.41. The number of carbonyl (C=O) groups is 2. The summed E-state index contributed by atoms with van der Waals surface area (Å²) in [6.45, 7) is 2.90. The summed E-state index contributed by atoms with van der Waals surface area (Å²) < 4.78 is 40.1. The number of alkyl halides is 3. The summed E-state index contributed by atoms with van der Waals surface area (Å²) in [4.78, 5) is 23.8. The third kappa shape index (κ3) is 6.00. The molecule has 0 bridgehead atoms. The molecule has 1 aromatic rings. The van der Waals surface area contributed by atoms with Crippen molar-refractivity contribution in [2.45, 2.75) is 68.9 Å². The van der Waals surface area contributed by atoms with Crippen molar-refractivity contribution < 1.29 is 32.6 Å². The van der Waals surface area contributed by atoms with Gasteiger partial charge in [-0.2, -0.15) is 13.2 Å². The normalized spacial score (nSPS) is 26.8. The van der Waals surface area contributed by atoms with Crippen molar-refractivity contribution >= 4 is 11.9 Å². The van der Waals surface area contributed by atoms with E-state index in [0.29, 0.717) is 12.2 Å². The maximum Gasteiger partial charge on any atom is 0.490 e. The zero-order chi connectivity index (χ0) is 22.6. The lowest BCUT2D eigenvalue weighted by Crippen LogP contribution is -2.48. The molecule has 7 nitrogen and oxygen atoms in total. The molecule has 1 aliphatic carbocycles. The Morgan fingerprint density at radius 1 is 1.26 bits per heavy atom. The number of nitrogens with one attached hydrogen (secondary N) is 1. The molecule has 4 rings (SSSR count). The zero-order valence-corrected chi connectivity index (χ0v) is 17.7. The highest BCUT2D eigenvalue weighted by molar-refractivity contribution is 5.92. The molecule has 10 heteroatoms. The van der Waals surface area contributed by atoms with Crippen LogP contribution in [0.4, 0.5) is 13.2 Å². The quantitative estimate of drug-likeness (QED) is 0.745. The first-order valence-corrected chi connectivity index (χ1v) is 10.7. The fourth-order valence-electron chi connectivity index (χ4n) is 4.50. The summed E-state index contributed by atoms with van der Waals surface area (Å²) in [5, 5.41) is 10.2. The standard InChI is InChI=1S/C19H29N3O2.C2HF3O2/c1-21-11-4-8-17(21)18(23)20-13-16-7-3-9-19(24-16)10-12-22(14-19)15-5-2-6-15;3-2(4,5)1(6)7/h4,8,11,15-16H,2-3,5-7,9-10,12-14H2,1H3,(H,20,23);(H,6,7)/t16-,19+;/m0./s1. The number of amides is 1. The Balaban J connectivity index is 0.000000339. The Morgan fingerprint density at radius 2 is 1.97 bits per heavy atom. The van der Waals surface area contributed by atoms with E-state index < -0.39 is 12.1 Å². The third-order valence-corrected chi connectivity index (χ3v) is 6.42. The van der Waals surface area contributed by atoms with Crippen LogP contribution >= 0.6 is 0 Å². The van der Waals surface area contributed by atoms with Gasteiger partial charge in [0.2, 0.25) is 0 Å². The average molecular weight is 445 g/mol. The van der Waals surface area contributed by atoms with Crippen molar-refractivity contribution in [3.05, 3.63) is 24.0 Å². The zero-order valence-electron chi connectivity index (χ0n) is 17.7. The number of hydrogen-bond donors (Lipinski definition) is 2. The Morgan fingerprint density at radius 3 is 2.52 bits per heavy atom. The number of hydrogen-bond acceptors (Lipinski definition) is 4. The fraction of sp³-hybridized carbons (Fsp3) is 0.714. The molecular formula is C21H30F3N3O4. The number of aromatic nitrogens is 1. The Hall–Kier alpha value is -2.07. The van der Waals surface area contributed by atoms with E-state index in [1.807, 2.05) is 29.9 Å². The Bertz CT molecular complexity index is 778. The van der Waals surface area contributed by atoms with Crippen LogP contribution in [-0.2, 0) is 16.6 Å². The van der Waals surface area contributed by atoms with Crippen LogP contribution in [-0.4, -0.2) is 70.0 Å². The summed E-state index contributed by atoms with van der Waals surface area (Å²) in [5.41, 5.74) is 0.756. The summed E-state index contributed by atoms with van der Waals surface area (Å²) >= 11 is 0. The molecule has 1 amide bonds. The molecule has 31 heavy (non-hydrogen) atoms. The van der Waals surface area contributed by atoms with Gasteiger partial charge in [0.15, 0.2) is 0 Å². The van der Waals surface area contributed by atoms with Gasteiger partial charge in [0, 0.05) is 38.9 Å². The van der Waals surface area contributed by atoms with E-state index in [9.17, 15) is 18.0 Å². The number of carboxylic acids is 1. The van der Waals surface area contributed by atoms with Crippen molar-refractivity contribution in [1.82, 2.24) is 14.8 Å². The van der Waals surface area contributed by atoms with Gasteiger partial charge in [-0.3, -0.25) is 9.69 Å². The highest BCUT2D eigenvalue weighted by atomic mass is 19.4. The summed E-state index contributed by atoms with van der Waals surface area (Å²) in [7, 11) is 1.90. The molecule has 2 atom stereocenters. The second-order valence-corrected chi connectivity index (χ2v) is 8.64. The van der Waals surface area contributed by atoms with E-state index in [0.717, 1.165) is 25.4 Å². The summed E-state index contributed by atoms with van der Waals surface area (Å²) in [5.74, 6) is -2.76. The molecule has 174 valence electrons. The van der Waals surface area contributed by atoms with Crippen LogP contribution < -0.4 is 5.32 Å². The Labute approximate surface area is 179 Å². The number of ether oxygens (including phenoxy) is 1. The van der Waals surface area contributed by atoms with Crippen LogP contribution in [0.3, 0.4) is 0 Å². The van der Waals surface area contributed by atoms with Crippen LogP contribution in [0.15, 0.2) is 18.3 Å². The number of halogens is 3. The lowest BCUT2D eigenvalue weighted by molar-refractivity contribution is -0.192. The van der Waals surface area contributed by atoms with Gasteiger partial charge in [-0.25, -0.2) is 4.79 Å². The van der Waals surface area contributed by atoms with Gasteiger partial charge < -0.3 is 19.7 Å². The number of carbonyl (C=O) groups excluding carboxylic acids is 1. The molecule has 3 fully saturated rings. The van der Waals surface area contributed by atoms with Crippen LogP contribution in [0.1, 0.15) is 55.4 Å². The predicted molar refractivity (Wildman–Crippen MR) is 107 cm³/mol. The average Bonchev–Trinajstić information content (AvgIpc) is 3.25. The second kappa shape index (κ2) is 9.60. The fourth-order valence-corrected chi connectivity index (χ4v) is 4.50. The summed E-state index contributed by atoms with van der Waals surface area (Å²) in [6.07, 6.45) is 5.70. The lowest BCUT2D eigenvalue weighted by atomic mass is 9.89. The van der Waals surface area contributed by atoms with E-state index in [1.54, 1.807) is 0 Å². The molecule has 0 radical (unpaired) electrons. The molecule has 1 spiro atoms. The van der Waals surface area contributed by atoms with Crippen molar-refractivity contribution in [2.24, 2.45) is 7.05 Å². The van der Waals surface area contributed by atoms with E-state index in [1.165, 1.54) is 38.6 Å². The third-order valence-electron chi connectivity index (χ3n) is 6.42. The molecule has 2 aliphatic heterocycles. The first kappa shape index (κ1) is 23.6. The summed E-state index contributed by atoms with van der Waals surface area (Å²) in [6, 6.07) is 4.56. The van der Waals surface area contributed by atoms with Crippen LogP contribution in [0.25, 0.3) is 0 Å². The van der Waals surface area contributed by atoms with Gasteiger partial charge in [0.1, 0.15) is 5.69 Å². The number of carboxylic acid groups (broad SMARTS) is 1. The molecule has 1 aromatic heterocycles. The highest BCUT2D eigenvalue weighted by Crippen LogP contribution is 2.39. The van der Waals surface area contributed by atoms with Crippen molar-refractivity contribution in [1.29, 1.82) is 0 Å². The predicted octanol–water partition coefficient (Wildman–Crippen LogP) is 2.95. The maximum atomic E-state index is 12.3. The SMILES string of the molecule is Cn1cccc1C(=O)NC[C@@H]1CCC[C@]2(CCN(C3CCC3)C2)O1.O=C(O)C(F)(F)F. The van der Waals surface area contributed by atoms with Gasteiger partial charge in [0.05, 0.1) is 11.7 Å². The van der Waals surface area contributed by atoms with Gasteiger partial charge in [-0.15, -0.1) is 0 Å².